The van der Waals surface area contributed by atoms with Gasteiger partial charge in [-0.1, -0.05) is 41.9 Å². The van der Waals surface area contributed by atoms with Gasteiger partial charge in [0, 0.05) is 29.3 Å². The lowest BCUT2D eigenvalue weighted by Crippen LogP contribution is -2.40. The number of amides is 1. The van der Waals surface area contributed by atoms with E-state index in [1.165, 1.54) is 18.2 Å². The molecule has 0 saturated heterocycles. The summed E-state index contributed by atoms with van der Waals surface area (Å²) < 4.78 is 25.0. The number of nitrogens with one attached hydrogen (secondary N) is 1. The number of carbonyl (C=O) groups excluding carboxylic acids is 1. The van der Waals surface area contributed by atoms with E-state index in [-0.39, 0.29) is 22.8 Å². The second-order valence-corrected chi connectivity index (χ2v) is 8.48. The monoisotopic (exact) mass is 438 g/mol. The zero-order valence-electron chi connectivity index (χ0n) is 15.5. The van der Waals surface area contributed by atoms with Crippen molar-refractivity contribution < 1.29 is 18.1 Å². The van der Waals surface area contributed by atoms with Crippen LogP contribution >= 0.6 is 11.6 Å². The Morgan fingerprint density at radius 2 is 1.97 bits per heavy atom. The molecule has 1 amide bonds. The number of hydrogen-bond donors (Lipinski definition) is 1. The molecular weight excluding hydrogens is 420 g/mol. The van der Waals surface area contributed by atoms with Crippen molar-refractivity contribution in [2.75, 3.05) is 19.3 Å². The molecular formula is C18H19ClN4O5S. The number of nitro benzene ring substituents is 1. The van der Waals surface area contributed by atoms with Gasteiger partial charge in [-0.2, -0.15) is 9.41 Å². The van der Waals surface area contributed by atoms with Crippen LogP contribution in [0, 0.1) is 10.1 Å². The van der Waals surface area contributed by atoms with E-state index in [2.05, 4.69) is 10.5 Å². The molecule has 0 fully saturated rings. The van der Waals surface area contributed by atoms with Gasteiger partial charge in [0.25, 0.3) is 11.6 Å². The molecule has 2 aromatic carbocycles. The SMILES string of the molecule is CS(=O)(=O)N(CCc1ccccc1)CC(=O)N/N=C/c1cc([N+](=O)[O-])ccc1Cl. The highest BCUT2D eigenvalue weighted by molar-refractivity contribution is 7.88. The lowest BCUT2D eigenvalue weighted by Gasteiger charge is -2.18. The third kappa shape index (κ3) is 7.26. The maximum absolute atomic E-state index is 12.1. The highest BCUT2D eigenvalue weighted by Gasteiger charge is 2.19. The van der Waals surface area contributed by atoms with Gasteiger partial charge in [-0.05, 0) is 18.1 Å². The van der Waals surface area contributed by atoms with Gasteiger partial charge in [0.15, 0.2) is 0 Å². The molecule has 154 valence electrons. The molecule has 0 atom stereocenters. The summed E-state index contributed by atoms with van der Waals surface area (Å²) in [6.45, 7) is -0.275. The molecule has 0 bridgehead atoms. The van der Waals surface area contributed by atoms with Crippen molar-refractivity contribution in [1.82, 2.24) is 9.73 Å². The van der Waals surface area contributed by atoms with Crippen LogP contribution in [0.15, 0.2) is 53.6 Å². The van der Waals surface area contributed by atoms with Crippen molar-refractivity contribution in [2.45, 2.75) is 6.42 Å². The Balaban J connectivity index is 1.98. The van der Waals surface area contributed by atoms with E-state index in [4.69, 9.17) is 11.6 Å². The van der Waals surface area contributed by atoms with Crippen LogP contribution in [0.25, 0.3) is 0 Å². The Morgan fingerprint density at radius 3 is 2.59 bits per heavy atom. The minimum absolute atomic E-state index is 0.136. The van der Waals surface area contributed by atoms with Crippen molar-refractivity contribution in [3.63, 3.8) is 0 Å². The van der Waals surface area contributed by atoms with Crippen LogP contribution in [0.1, 0.15) is 11.1 Å². The zero-order chi connectivity index (χ0) is 21.4. The maximum Gasteiger partial charge on any atom is 0.270 e. The van der Waals surface area contributed by atoms with Crippen LogP contribution in [0.2, 0.25) is 5.02 Å². The van der Waals surface area contributed by atoms with E-state index in [0.717, 1.165) is 22.3 Å². The maximum atomic E-state index is 12.1. The Morgan fingerprint density at radius 1 is 1.28 bits per heavy atom. The number of benzene rings is 2. The molecule has 0 aliphatic heterocycles. The third-order valence-corrected chi connectivity index (χ3v) is 5.46. The average molecular weight is 439 g/mol. The highest BCUT2D eigenvalue weighted by Crippen LogP contribution is 2.20. The largest absolute Gasteiger partial charge is 0.272 e. The van der Waals surface area contributed by atoms with Gasteiger partial charge in [-0.25, -0.2) is 13.8 Å². The number of halogens is 1. The Kier molecular flexibility index (Phi) is 7.82. The first-order valence-corrected chi connectivity index (χ1v) is 10.6. The number of hydrazone groups is 1. The molecule has 1 N–H and O–H groups in total. The fourth-order valence-corrected chi connectivity index (χ4v) is 3.31. The van der Waals surface area contributed by atoms with Crippen molar-refractivity contribution in [3.8, 4) is 0 Å². The first-order chi connectivity index (χ1) is 13.7. The molecule has 29 heavy (non-hydrogen) atoms. The number of nitrogens with zero attached hydrogens (tertiary/aromatic N) is 3. The number of sulfonamides is 1. The molecule has 0 unspecified atom stereocenters. The van der Waals surface area contributed by atoms with Crippen LogP contribution in [0.3, 0.4) is 0 Å². The van der Waals surface area contributed by atoms with Gasteiger partial charge in [-0.15, -0.1) is 0 Å². The van der Waals surface area contributed by atoms with Crippen molar-refractivity contribution in [2.24, 2.45) is 5.10 Å². The quantitative estimate of drug-likeness (QED) is 0.365. The van der Waals surface area contributed by atoms with E-state index in [9.17, 15) is 23.3 Å². The summed E-state index contributed by atoms with van der Waals surface area (Å²) in [7, 11) is -3.60. The van der Waals surface area contributed by atoms with E-state index >= 15 is 0 Å². The number of nitro groups is 1. The third-order valence-electron chi connectivity index (χ3n) is 3.86. The predicted molar refractivity (Wildman–Crippen MR) is 110 cm³/mol. The Bertz CT molecular complexity index is 1010. The number of hydrogen-bond acceptors (Lipinski definition) is 6. The van der Waals surface area contributed by atoms with Gasteiger partial charge in [0.2, 0.25) is 10.0 Å². The van der Waals surface area contributed by atoms with Gasteiger partial charge >= 0.3 is 0 Å². The zero-order valence-corrected chi connectivity index (χ0v) is 17.1. The van der Waals surface area contributed by atoms with Gasteiger partial charge < -0.3 is 0 Å². The molecule has 0 heterocycles. The molecule has 2 aromatic rings. The molecule has 0 aliphatic carbocycles. The average Bonchev–Trinajstić information content (AvgIpc) is 2.66. The summed E-state index contributed by atoms with van der Waals surface area (Å²) in [6, 6.07) is 13.1. The standard InChI is InChI=1S/C18H19ClN4O5S/c1-29(27,28)22(10-9-14-5-3-2-4-6-14)13-18(24)21-20-12-15-11-16(23(25)26)7-8-17(15)19/h2-8,11-12H,9-10,13H2,1H3,(H,21,24)/b20-12+. The lowest BCUT2D eigenvalue weighted by atomic mass is 10.1. The summed E-state index contributed by atoms with van der Waals surface area (Å²) >= 11 is 5.95. The first kappa shape index (κ1) is 22.5. The fraction of sp³-hybridized carbons (Fsp3) is 0.222. The molecule has 2 rings (SSSR count). The minimum atomic E-state index is -3.60. The second-order valence-electron chi connectivity index (χ2n) is 6.09. The van der Waals surface area contributed by atoms with Crippen LogP contribution < -0.4 is 5.43 Å². The smallest absolute Gasteiger partial charge is 0.270 e. The van der Waals surface area contributed by atoms with Crippen molar-refractivity contribution >= 4 is 39.4 Å². The van der Waals surface area contributed by atoms with Gasteiger partial charge in [-0.3, -0.25) is 14.9 Å². The van der Waals surface area contributed by atoms with Crippen molar-refractivity contribution in [3.05, 3.63) is 74.8 Å². The van der Waals surface area contributed by atoms with Crippen LogP contribution in [-0.2, 0) is 21.2 Å². The predicted octanol–water partition coefficient (Wildman–Crippen LogP) is 2.20. The number of rotatable bonds is 9. The molecule has 0 spiro atoms. The first-order valence-electron chi connectivity index (χ1n) is 8.41. The normalized spacial score (nSPS) is 11.7. The van der Waals surface area contributed by atoms with Gasteiger partial charge in [0.05, 0.1) is 23.9 Å². The van der Waals surface area contributed by atoms with E-state index < -0.39 is 27.4 Å². The fourth-order valence-electron chi connectivity index (χ4n) is 2.37. The van der Waals surface area contributed by atoms with Gasteiger partial charge in [0.1, 0.15) is 0 Å². The summed E-state index contributed by atoms with van der Waals surface area (Å²) in [5, 5.41) is 14.7. The lowest BCUT2D eigenvalue weighted by molar-refractivity contribution is -0.384. The summed E-state index contributed by atoms with van der Waals surface area (Å²) in [6.07, 6.45) is 2.63. The molecule has 0 aliphatic rings. The molecule has 0 aromatic heterocycles. The topological polar surface area (TPSA) is 122 Å². The van der Waals surface area contributed by atoms with Crippen molar-refractivity contribution in [1.29, 1.82) is 0 Å². The highest BCUT2D eigenvalue weighted by atomic mass is 35.5. The molecule has 11 heteroatoms. The van der Waals surface area contributed by atoms with Crippen LogP contribution in [0.4, 0.5) is 5.69 Å². The molecule has 9 nitrogen and oxygen atoms in total. The summed E-state index contributed by atoms with van der Waals surface area (Å²) in [5.41, 5.74) is 3.21. The van der Waals surface area contributed by atoms with E-state index in [0.29, 0.717) is 6.42 Å². The van der Waals surface area contributed by atoms with E-state index in [1.807, 2.05) is 30.3 Å². The summed E-state index contributed by atoms with van der Waals surface area (Å²) in [5.74, 6) is -0.652. The summed E-state index contributed by atoms with van der Waals surface area (Å²) in [4.78, 5) is 22.3. The van der Waals surface area contributed by atoms with Crippen LogP contribution in [0.5, 0.6) is 0 Å². The Hall–Kier alpha value is -2.82. The molecule has 0 saturated carbocycles. The second kappa shape index (κ2) is 10.1. The number of carbonyl (C=O) groups is 1. The Labute approximate surface area is 173 Å². The van der Waals surface area contributed by atoms with Crippen LogP contribution in [-0.4, -0.2) is 49.1 Å². The molecule has 0 radical (unpaired) electrons. The minimum Gasteiger partial charge on any atom is -0.272 e. The van der Waals surface area contributed by atoms with E-state index in [1.54, 1.807) is 0 Å². The number of non-ortho nitro benzene ring substituents is 1.